The Morgan fingerprint density at radius 2 is 0.625 bits per heavy atom. The zero-order chi connectivity index (χ0) is 46.4. The lowest BCUT2D eigenvalue weighted by molar-refractivity contribution is -0.671. The molecule has 2 rings (SSSR count). The van der Waals surface area contributed by atoms with Crippen molar-refractivity contribution in [3.63, 3.8) is 0 Å². The minimum Gasteiger partial charge on any atom is -0.726 e. The minimum atomic E-state index is -4.41. The van der Waals surface area contributed by atoms with Crippen LogP contribution in [0.3, 0.4) is 0 Å². The molecule has 1 heterocycles. The van der Waals surface area contributed by atoms with Crippen molar-refractivity contribution in [2.24, 2.45) is 7.05 Å². The summed E-state index contributed by atoms with van der Waals surface area (Å²) in [6.45, 7) is 7.04. The molecule has 0 atom stereocenters. The maximum atomic E-state index is 9.22. The Balaban J connectivity index is 0.00000317. The lowest BCUT2D eigenvalue weighted by Crippen LogP contribution is -2.26. The summed E-state index contributed by atoms with van der Waals surface area (Å²) in [7, 11) is -1.51. The van der Waals surface area contributed by atoms with Crippen LogP contribution in [0.4, 0.5) is 5.69 Å². The molecule has 0 fully saturated rings. The molecule has 2 aromatic rings. The van der Waals surface area contributed by atoms with Gasteiger partial charge in [-0.05, 0) is 36.1 Å². The number of anilines is 1. The van der Waals surface area contributed by atoms with Crippen molar-refractivity contribution < 1.29 is 21.7 Å². The lowest BCUT2D eigenvalue weighted by atomic mass is 10.0. The van der Waals surface area contributed by atoms with Gasteiger partial charge in [0.25, 0.3) is 0 Å². The lowest BCUT2D eigenvalue weighted by Gasteiger charge is -2.25. The summed E-state index contributed by atoms with van der Waals surface area (Å²) in [6, 6.07) is 13.9. The van der Waals surface area contributed by atoms with Crippen molar-refractivity contribution in [1.82, 2.24) is 0 Å². The van der Waals surface area contributed by atoms with Crippen LogP contribution >= 0.6 is 0 Å². The van der Waals surface area contributed by atoms with Gasteiger partial charge in [0.15, 0.2) is 12.4 Å². The fourth-order valence-electron chi connectivity index (χ4n) is 9.04. The Labute approximate surface area is 398 Å². The highest BCUT2D eigenvalue weighted by molar-refractivity contribution is 7.80. The maximum absolute atomic E-state index is 9.22. The molecule has 0 saturated carbocycles. The van der Waals surface area contributed by atoms with Crippen LogP contribution in [0.2, 0.25) is 0 Å². The first-order valence-electron chi connectivity index (χ1n) is 27.6. The molecule has 0 bridgehead atoms. The van der Waals surface area contributed by atoms with Crippen molar-refractivity contribution in [2.45, 2.75) is 271 Å². The second-order valence-electron chi connectivity index (χ2n) is 19.3. The molecule has 64 heavy (non-hydrogen) atoms. The van der Waals surface area contributed by atoms with Gasteiger partial charge in [-0.1, -0.05) is 270 Å². The SMILES string of the molecule is CCCCCCCCCCCCCCCCCCCCCCN(CCCCCCCCCCCCCCCCCCCCCC)c1ccc(-c2cc[n+](C)cc2)cc1.COS(=O)(=O)[O-]. The molecule has 1 aromatic heterocycles. The number of pyridine rings is 1. The first kappa shape index (κ1) is 60.1. The fourth-order valence-corrected chi connectivity index (χ4v) is 9.04. The number of unbranched alkanes of at least 4 members (excludes halogenated alkanes) is 38. The molecule has 7 heteroatoms. The standard InChI is InChI=1S/C56H101N2.CH4O4S/c1-4-6-8-10-12-14-16-18-20-22-24-26-28-30-32-34-36-38-40-42-50-58(56-46-44-54(45-47-56)55-48-52-57(3)53-49-55)51-43-41-39-37-35-33-31-29-27-25-23-21-19-17-15-13-11-9-7-5-2;1-5-6(2,3)4/h44-49,52-53H,4-43,50-51H2,1-3H3;1H3,(H,2,3,4)/q+1;/p-1. The number of aryl methyl sites for hydroxylation is 1. The van der Waals surface area contributed by atoms with Crippen LogP contribution in [0.5, 0.6) is 0 Å². The van der Waals surface area contributed by atoms with E-state index in [0.29, 0.717) is 0 Å². The Bertz CT molecular complexity index is 1310. The van der Waals surface area contributed by atoms with Gasteiger partial charge < -0.3 is 9.45 Å². The van der Waals surface area contributed by atoms with Crippen molar-refractivity contribution in [3.05, 3.63) is 48.8 Å². The predicted molar refractivity (Wildman–Crippen MR) is 278 cm³/mol. The van der Waals surface area contributed by atoms with E-state index in [1.165, 1.54) is 287 Å². The fraction of sp³-hybridized carbons (Fsp3) is 0.807. The number of rotatable bonds is 45. The van der Waals surface area contributed by atoms with Gasteiger partial charge in [-0.2, -0.15) is 0 Å². The summed E-state index contributed by atoms with van der Waals surface area (Å²) in [5.41, 5.74) is 4.04. The normalized spacial score (nSPS) is 11.5. The number of hydrogen-bond donors (Lipinski definition) is 0. The molecule has 0 aliphatic carbocycles. The smallest absolute Gasteiger partial charge is 0.217 e. The van der Waals surface area contributed by atoms with E-state index < -0.39 is 10.4 Å². The number of aromatic nitrogens is 1. The first-order valence-corrected chi connectivity index (χ1v) is 29.0. The number of benzene rings is 1. The summed E-state index contributed by atoms with van der Waals surface area (Å²) in [5, 5.41) is 0. The van der Waals surface area contributed by atoms with Crippen LogP contribution < -0.4 is 9.47 Å². The molecule has 0 aliphatic heterocycles. The van der Waals surface area contributed by atoms with Crippen molar-refractivity contribution in [3.8, 4) is 11.1 Å². The van der Waals surface area contributed by atoms with Gasteiger partial charge in [0, 0.05) is 30.9 Å². The Kier molecular flexibility index (Phi) is 42.1. The van der Waals surface area contributed by atoms with Crippen LogP contribution in [0.25, 0.3) is 11.1 Å². The third-order valence-electron chi connectivity index (χ3n) is 13.3. The van der Waals surface area contributed by atoms with E-state index in [0.717, 1.165) is 7.11 Å². The first-order chi connectivity index (χ1) is 31.3. The molecule has 0 saturated heterocycles. The maximum Gasteiger partial charge on any atom is 0.217 e. The van der Waals surface area contributed by atoms with Crippen molar-refractivity contribution >= 4 is 16.1 Å². The average Bonchev–Trinajstić information content (AvgIpc) is 3.30. The van der Waals surface area contributed by atoms with Crippen molar-refractivity contribution in [1.29, 1.82) is 0 Å². The van der Waals surface area contributed by atoms with Crippen LogP contribution in [0.15, 0.2) is 48.8 Å². The molecule has 372 valence electrons. The Morgan fingerprint density at radius 1 is 0.406 bits per heavy atom. The monoisotopic (exact) mass is 913 g/mol. The highest BCUT2D eigenvalue weighted by Gasteiger charge is 2.08. The van der Waals surface area contributed by atoms with E-state index in [4.69, 9.17) is 0 Å². The molecule has 0 spiro atoms. The zero-order valence-corrected chi connectivity index (χ0v) is 43.6. The van der Waals surface area contributed by atoms with Gasteiger partial charge in [-0.15, -0.1) is 0 Å². The molecule has 1 aromatic carbocycles. The summed E-state index contributed by atoms with van der Waals surface area (Å²) in [4.78, 5) is 2.71. The van der Waals surface area contributed by atoms with Crippen LogP contribution in [-0.4, -0.2) is 33.2 Å². The largest absolute Gasteiger partial charge is 0.726 e. The van der Waals surface area contributed by atoms with E-state index in [1.54, 1.807) is 0 Å². The van der Waals surface area contributed by atoms with Crippen LogP contribution in [0.1, 0.15) is 271 Å². The highest BCUT2D eigenvalue weighted by atomic mass is 32.3. The van der Waals surface area contributed by atoms with Crippen LogP contribution in [-0.2, 0) is 21.6 Å². The van der Waals surface area contributed by atoms with E-state index >= 15 is 0 Å². The van der Waals surface area contributed by atoms with Gasteiger partial charge in [0.2, 0.25) is 10.4 Å². The highest BCUT2D eigenvalue weighted by Crippen LogP contribution is 2.24. The predicted octanol–water partition coefficient (Wildman–Crippen LogP) is 17.7. The molecule has 0 aliphatic rings. The van der Waals surface area contributed by atoms with Crippen molar-refractivity contribution in [2.75, 3.05) is 25.1 Å². The third kappa shape index (κ3) is 39.2. The minimum absolute atomic E-state index is 0.808. The summed E-state index contributed by atoms with van der Waals surface area (Å²) in [5.74, 6) is 0. The second kappa shape index (κ2) is 44.9. The molecule has 0 amide bonds. The molecule has 0 unspecified atom stereocenters. The molecule has 0 radical (unpaired) electrons. The number of hydrogen-bond acceptors (Lipinski definition) is 5. The summed E-state index contributed by atoms with van der Waals surface area (Å²) in [6.07, 6.45) is 62.1. The molecule has 6 nitrogen and oxygen atoms in total. The van der Waals surface area contributed by atoms with E-state index in [-0.39, 0.29) is 0 Å². The van der Waals surface area contributed by atoms with Crippen LogP contribution in [0, 0.1) is 0 Å². The van der Waals surface area contributed by atoms with E-state index in [1.807, 2.05) is 0 Å². The summed E-state index contributed by atoms with van der Waals surface area (Å²) >= 11 is 0. The van der Waals surface area contributed by atoms with Gasteiger partial charge in [0.1, 0.15) is 7.05 Å². The molecule has 0 N–H and O–H groups in total. The average molecular weight is 914 g/mol. The molecular weight excluding hydrogens is 809 g/mol. The summed E-state index contributed by atoms with van der Waals surface area (Å²) < 4.78 is 33.1. The van der Waals surface area contributed by atoms with E-state index in [2.05, 4.69) is 83.3 Å². The van der Waals surface area contributed by atoms with Gasteiger partial charge >= 0.3 is 0 Å². The number of nitrogens with zero attached hydrogens (tertiary/aromatic N) is 2. The third-order valence-corrected chi connectivity index (χ3v) is 13.7. The molecular formula is C57H104N2O4S. The second-order valence-corrected chi connectivity index (χ2v) is 20.4. The Hall–Kier alpha value is -1.96. The van der Waals surface area contributed by atoms with Gasteiger partial charge in [-0.25, -0.2) is 13.0 Å². The van der Waals surface area contributed by atoms with E-state index in [9.17, 15) is 13.0 Å². The quantitative estimate of drug-likeness (QED) is 0.0286. The van der Waals surface area contributed by atoms with Gasteiger partial charge in [-0.3, -0.25) is 4.18 Å². The Morgan fingerprint density at radius 3 is 0.859 bits per heavy atom. The topological polar surface area (TPSA) is 73.5 Å². The van der Waals surface area contributed by atoms with Gasteiger partial charge in [0.05, 0.1) is 7.11 Å². The zero-order valence-electron chi connectivity index (χ0n) is 42.8.